The second-order valence-electron chi connectivity index (χ2n) is 6.40. The maximum Gasteiger partial charge on any atom is 0.338 e. The first kappa shape index (κ1) is 21.5. The van der Waals surface area contributed by atoms with E-state index in [-0.39, 0.29) is 42.3 Å². The van der Waals surface area contributed by atoms with E-state index in [1.54, 1.807) is 6.92 Å². The van der Waals surface area contributed by atoms with E-state index in [4.69, 9.17) is 9.47 Å². The third-order valence-electron chi connectivity index (χ3n) is 4.43. The van der Waals surface area contributed by atoms with Gasteiger partial charge in [0.05, 0.1) is 29.4 Å². The van der Waals surface area contributed by atoms with Gasteiger partial charge in [0.2, 0.25) is 0 Å². The summed E-state index contributed by atoms with van der Waals surface area (Å²) >= 11 is 0. The number of ether oxygens (including phenoxy) is 2. The second-order valence-corrected chi connectivity index (χ2v) is 8.51. The summed E-state index contributed by atoms with van der Waals surface area (Å²) in [6, 6.07) is 5.80. The van der Waals surface area contributed by atoms with Crippen molar-refractivity contribution in [1.29, 1.82) is 0 Å². The number of hydrogen-bond donors (Lipinski definition) is 0. The van der Waals surface area contributed by atoms with Gasteiger partial charge in [-0.05, 0) is 43.4 Å². The zero-order valence-corrected chi connectivity index (χ0v) is 16.2. The molecule has 5 nitrogen and oxygen atoms in total. The molecular weight excluding hydrogens is 378 g/mol. The predicted octanol–water partition coefficient (Wildman–Crippen LogP) is 3.14. The van der Waals surface area contributed by atoms with Crippen LogP contribution in [0.3, 0.4) is 0 Å². The number of allylic oxidation sites excluding steroid dienone is 1. The van der Waals surface area contributed by atoms with Crippen LogP contribution in [0.5, 0.6) is 0 Å². The standard InChI is InChI=1S/C19H24F2O5S/c1-3-26-19(22)16(10-13-11-17(20)18(21)12-13)14-4-6-15(7-5-14)27(23,24)9-8-25-2/h4-7,10,13,17-18H,3,8-9,11-12H2,1-2H3/b16-10+/t13?,17-,18+. The van der Waals surface area contributed by atoms with Crippen molar-refractivity contribution in [2.75, 3.05) is 26.1 Å². The molecule has 0 radical (unpaired) electrons. The van der Waals surface area contributed by atoms with E-state index >= 15 is 0 Å². The van der Waals surface area contributed by atoms with Gasteiger partial charge >= 0.3 is 5.97 Å². The molecule has 1 saturated carbocycles. The highest BCUT2D eigenvalue weighted by Gasteiger charge is 2.34. The Morgan fingerprint density at radius 2 is 1.78 bits per heavy atom. The maximum absolute atomic E-state index is 13.5. The summed E-state index contributed by atoms with van der Waals surface area (Å²) in [6.45, 7) is 1.89. The number of benzene rings is 1. The van der Waals surface area contributed by atoms with Gasteiger partial charge in [-0.2, -0.15) is 0 Å². The van der Waals surface area contributed by atoms with Gasteiger partial charge in [-0.1, -0.05) is 18.2 Å². The van der Waals surface area contributed by atoms with Crippen LogP contribution in [0.15, 0.2) is 35.2 Å². The third-order valence-corrected chi connectivity index (χ3v) is 6.12. The first-order valence-electron chi connectivity index (χ1n) is 8.77. The van der Waals surface area contributed by atoms with Crippen molar-refractivity contribution in [2.45, 2.75) is 37.0 Å². The second kappa shape index (κ2) is 9.41. The number of carbonyl (C=O) groups excluding carboxylic acids is 1. The van der Waals surface area contributed by atoms with Crippen LogP contribution in [0.1, 0.15) is 25.3 Å². The van der Waals surface area contributed by atoms with Crippen LogP contribution in [0.4, 0.5) is 8.78 Å². The van der Waals surface area contributed by atoms with E-state index in [2.05, 4.69) is 0 Å². The average molecular weight is 402 g/mol. The lowest BCUT2D eigenvalue weighted by Crippen LogP contribution is -2.12. The molecule has 1 unspecified atom stereocenters. The Kier molecular flexibility index (Phi) is 7.49. The molecule has 27 heavy (non-hydrogen) atoms. The molecule has 1 aromatic carbocycles. The van der Waals surface area contributed by atoms with Crippen LogP contribution >= 0.6 is 0 Å². The SMILES string of the molecule is CCOC(=O)/C(=C/C1C[C@@H](F)[C@@H](F)C1)c1ccc(S(=O)(=O)CCOC)cc1. The number of methoxy groups -OCH3 is 1. The van der Waals surface area contributed by atoms with Gasteiger partial charge in [0.25, 0.3) is 0 Å². The van der Waals surface area contributed by atoms with Gasteiger partial charge < -0.3 is 9.47 Å². The minimum Gasteiger partial charge on any atom is -0.462 e. The molecular formula is C19H24F2O5S. The minimum atomic E-state index is -3.49. The third kappa shape index (κ3) is 5.59. The molecule has 0 aliphatic heterocycles. The van der Waals surface area contributed by atoms with Crippen molar-refractivity contribution in [3.8, 4) is 0 Å². The van der Waals surface area contributed by atoms with Crippen LogP contribution < -0.4 is 0 Å². The molecule has 2 rings (SSSR count). The largest absolute Gasteiger partial charge is 0.462 e. The van der Waals surface area contributed by atoms with Gasteiger partial charge in [-0.15, -0.1) is 0 Å². The van der Waals surface area contributed by atoms with Crippen LogP contribution in [-0.4, -0.2) is 52.8 Å². The molecule has 0 aromatic heterocycles. The number of sulfone groups is 1. The number of rotatable bonds is 8. The summed E-state index contributed by atoms with van der Waals surface area (Å²) in [5.41, 5.74) is 0.626. The predicted molar refractivity (Wildman–Crippen MR) is 97.5 cm³/mol. The molecule has 1 aliphatic carbocycles. The van der Waals surface area contributed by atoms with E-state index in [9.17, 15) is 22.0 Å². The number of alkyl halides is 2. The molecule has 0 spiro atoms. The monoisotopic (exact) mass is 402 g/mol. The average Bonchev–Trinajstić information content (AvgIpc) is 2.96. The lowest BCUT2D eigenvalue weighted by molar-refractivity contribution is -0.136. The summed E-state index contributed by atoms with van der Waals surface area (Å²) in [5, 5.41) is 0. The summed E-state index contributed by atoms with van der Waals surface area (Å²) < 4.78 is 61.1. The first-order valence-corrected chi connectivity index (χ1v) is 10.4. The van der Waals surface area contributed by atoms with Crippen molar-refractivity contribution in [3.63, 3.8) is 0 Å². The molecule has 1 fully saturated rings. The fraction of sp³-hybridized carbons (Fsp3) is 0.526. The lowest BCUT2D eigenvalue weighted by atomic mass is 9.98. The van der Waals surface area contributed by atoms with Crippen LogP contribution in [0.25, 0.3) is 5.57 Å². The van der Waals surface area contributed by atoms with Crippen LogP contribution in [0, 0.1) is 5.92 Å². The zero-order chi connectivity index (χ0) is 20.0. The summed E-state index contributed by atoms with van der Waals surface area (Å²) in [6.07, 6.45) is -1.54. The van der Waals surface area contributed by atoms with Crippen molar-refractivity contribution < 1.29 is 31.5 Å². The Morgan fingerprint density at radius 3 is 2.30 bits per heavy atom. The van der Waals surface area contributed by atoms with E-state index < -0.39 is 34.1 Å². The van der Waals surface area contributed by atoms with Crippen LogP contribution in [0.2, 0.25) is 0 Å². The Hall–Kier alpha value is -1.80. The minimum absolute atomic E-state index is 0.00749. The highest BCUT2D eigenvalue weighted by atomic mass is 32.2. The first-order chi connectivity index (χ1) is 12.8. The molecule has 0 saturated heterocycles. The number of halogens is 2. The van der Waals surface area contributed by atoms with Gasteiger partial charge in [0.15, 0.2) is 9.84 Å². The molecule has 150 valence electrons. The smallest absolute Gasteiger partial charge is 0.338 e. The van der Waals surface area contributed by atoms with Crippen molar-refractivity contribution in [3.05, 3.63) is 35.9 Å². The van der Waals surface area contributed by atoms with E-state index in [0.717, 1.165) is 0 Å². The Balaban J connectivity index is 2.29. The quantitative estimate of drug-likeness (QED) is 0.494. The summed E-state index contributed by atoms with van der Waals surface area (Å²) in [5.74, 6) is -1.17. The van der Waals surface area contributed by atoms with E-state index in [1.807, 2.05) is 0 Å². The van der Waals surface area contributed by atoms with Gasteiger partial charge in [0, 0.05) is 7.11 Å². The Labute approximate surface area is 158 Å². The molecule has 1 aliphatic rings. The number of hydrogen-bond acceptors (Lipinski definition) is 5. The molecule has 3 atom stereocenters. The normalized spacial score (nSPS) is 23.4. The molecule has 8 heteroatoms. The van der Waals surface area contributed by atoms with Crippen molar-refractivity contribution >= 4 is 21.4 Å². The highest BCUT2D eigenvalue weighted by molar-refractivity contribution is 7.91. The summed E-state index contributed by atoms with van der Waals surface area (Å²) in [7, 11) is -2.07. The van der Waals surface area contributed by atoms with Crippen molar-refractivity contribution in [2.24, 2.45) is 5.92 Å². The highest BCUT2D eigenvalue weighted by Crippen LogP contribution is 2.34. The molecule has 0 bridgehead atoms. The Bertz CT molecular complexity index is 764. The number of carbonyl (C=O) groups is 1. The van der Waals surface area contributed by atoms with Gasteiger partial charge in [-0.3, -0.25) is 0 Å². The molecule has 0 N–H and O–H groups in total. The Morgan fingerprint density at radius 1 is 1.19 bits per heavy atom. The molecule has 1 aromatic rings. The number of esters is 1. The lowest BCUT2D eigenvalue weighted by Gasteiger charge is -2.11. The van der Waals surface area contributed by atoms with Gasteiger partial charge in [0.1, 0.15) is 12.3 Å². The fourth-order valence-corrected chi connectivity index (χ4v) is 4.16. The van der Waals surface area contributed by atoms with Crippen molar-refractivity contribution in [1.82, 2.24) is 0 Å². The van der Waals surface area contributed by atoms with Gasteiger partial charge in [-0.25, -0.2) is 22.0 Å². The van der Waals surface area contributed by atoms with Crippen LogP contribution in [-0.2, 0) is 24.1 Å². The van der Waals surface area contributed by atoms with E-state index in [0.29, 0.717) is 5.56 Å². The zero-order valence-electron chi connectivity index (χ0n) is 15.4. The topological polar surface area (TPSA) is 69.7 Å². The molecule has 0 amide bonds. The molecule has 0 heterocycles. The summed E-state index contributed by atoms with van der Waals surface area (Å²) in [4.78, 5) is 12.4. The maximum atomic E-state index is 13.5. The fourth-order valence-electron chi connectivity index (χ4n) is 2.99. The van der Waals surface area contributed by atoms with E-state index in [1.165, 1.54) is 37.5 Å².